The van der Waals surface area contributed by atoms with Crippen LogP contribution in [0.1, 0.15) is 19.4 Å². The molecular weight excluding hydrogens is 291 g/mol. The van der Waals surface area contributed by atoms with Crippen LogP contribution in [-0.4, -0.2) is 10.5 Å². The third kappa shape index (κ3) is 1.72. The maximum Gasteiger partial charge on any atom is 0.139 e. The second kappa shape index (κ2) is 3.67. The molecule has 0 spiro atoms. The number of anilines is 2. The van der Waals surface area contributed by atoms with Crippen LogP contribution in [0.5, 0.6) is 0 Å². The number of hydrogen-bond donors (Lipinski definition) is 2. The molecule has 0 bridgehead atoms. The van der Waals surface area contributed by atoms with Crippen molar-refractivity contribution in [1.29, 1.82) is 0 Å². The van der Waals surface area contributed by atoms with Gasteiger partial charge in [0, 0.05) is 6.07 Å². The molecule has 0 radical (unpaired) electrons. The fourth-order valence-electron chi connectivity index (χ4n) is 1.68. The van der Waals surface area contributed by atoms with Gasteiger partial charge in [-0.05, 0) is 42.3 Å². The zero-order valence-corrected chi connectivity index (χ0v) is 11.6. The van der Waals surface area contributed by atoms with E-state index >= 15 is 0 Å². The quantitative estimate of drug-likeness (QED) is 0.712. The highest BCUT2D eigenvalue weighted by atomic mass is 79.9. The fraction of sp³-hybridized carbons (Fsp3) is 0.364. The maximum absolute atomic E-state index is 13.6. The van der Waals surface area contributed by atoms with Gasteiger partial charge in [-0.25, -0.2) is 4.39 Å². The molecule has 0 saturated heterocycles. The third-order valence-corrected chi connectivity index (χ3v) is 4.29. The second-order valence-corrected chi connectivity index (χ2v) is 5.63. The standard InChI is InChI=1S/C11H12BrFN2S/c1-5-8(12)6(13)4-7-9(5)14-10(16)11(2,3)15-7/h4,15H,1-3H3,(H,14,16). The van der Waals surface area contributed by atoms with Crippen LogP contribution in [0.3, 0.4) is 0 Å². The topological polar surface area (TPSA) is 24.1 Å². The van der Waals surface area contributed by atoms with E-state index < -0.39 is 0 Å². The zero-order valence-electron chi connectivity index (χ0n) is 9.24. The van der Waals surface area contributed by atoms with Crippen molar-refractivity contribution >= 4 is 44.5 Å². The highest BCUT2D eigenvalue weighted by Crippen LogP contribution is 2.38. The summed E-state index contributed by atoms with van der Waals surface area (Å²) in [5.74, 6) is -0.269. The fourth-order valence-corrected chi connectivity index (χ4v) is 2.14. The number of thiocarbonyl (C=S) groups is 1. The third-order valence-electron chi connectivity index (χ3n) is 2.71. The summed E-state index contributed by atoms with van der Waals surface area (Å²) in [7, 11) is 0. The molecule has 0 saturated carbocycles. The predicted octanol–water partition coefficient (Wildman–Crippen LogP) is 3.84. The van der Waals surface area contributed by atoms with E-state index in [1.807, 2.05) is 20.8 Å². The van der Waals surface area contributed by atoms with Crippen molar-refractivity contribution in [3.05, 3.63) is 21.9 Å². The van der Waals surface area contributed by atoms with Gasteiger partial charge in [-0.3, -0.25) is 0 Å². The summed E-state index contributed by atoms with van der Waals surface area (Å²) in [6.07, 6.45) is 0. The molecule has 2 nitrogen and oxygen atoms in total. The first-order valence-electron chi connectivity index (χ1n) is 4.91. The number of rotatable bonds is 0. The van der Waals surface area contributed by atoms with Crippen LogP contribution >= 0.6 is 28.1 Å². The number of hydrogen-bond acceptors (Lipinski definition) is 2. The Hall–Kier alpha value is -0.680. The molecule has 86 valence electrons. The summed E-state index contributed by atoms with van der Waals surface area (Å²) in [6.45, 7) is 5.77. The van der Waals surface area contributed by atoms with Crippen molar-refractivity contribution in [2.75, 3.05) is 10.6 Å². The summed E-state index contributed by atoms with van der Waals surface area (Å²) in [5, 5.41) is 6.39. The molecule has 0 atom stereocenters. The molecule has 1 aromatic rings. The Bertz CT molecular complexity index is 485. The molecule has 5 heteroatoms. The SMILES string of the molecule is Cc1c(Br)c(F)cc2c1NC(=S)C(C)(C)N2. The number of fused-ring (bicyclic) bond motifs is 1. The molecule has 0 fully saturated rings. The monoisotopic (exact) mass is 302 g/mol. The van der Waals surface area contributed by atoms with E-state index in [-0.39, 0.29) is 11.4 Å². The van der Waals surface area contributed by atoms with Crippen LogP contribution in [0.4, 0.5) is 15.8 Å². The van der Waals surface area contributed by atoms with Crippen LogP contribution in [0.15, 0.2) is 10.5 Å². The van der Waals surface area contributed by atoms with Crippen LogP contribution in [0, 0.1) is 12.7 Å². The molecule has 0 amide bonds. The largest absolute Gasteiger partial charge is 0.372 e. The minimum atomic E-state index is -0.352. The van der Waals surface area contributed by atoms with E-state index in [1.165, 1.54) is 6.07 Å². The first kappa shape index (κ1) is 11.8. The van der Waals surface area contributed by atoms with Crippen molar-refractivity contribution in [3.8, 4) is 0 Å². The van der Waals surface area contributed by atoms with Gasteiger partial charge in [0.15, 0.2) is 0 Å². The van der Waals surface area contributed by atoms with Gasteiger partial charge in [0.25, 0.3) is 0 Å². The van der Waals surface area contributed by atoms with Gasteiger partial charge in [0.05, 0.1) is 21.4 Å². The lowest BCUT2D eigenvalue weighted by Crippen LogP contribution is -2.46. The van der Waals surface area contributed by atoms with Crippen molar-refractivity contribution in [3.63, 3.8) is 0 Å². The van der Waals surface area contributed by atoms with Gasteiger partial charge in [0.2, 0.25) is 0 Å². The maximum atomic E-state index is 13.6. The Balaban J connectivity index is 2.61. The predicted molar refractivity (Wildman–Crippen MR) is 72.8 cm³/mol. The summed E-state index contributed by atoms with van der Waals surface area (Å²) >= 11 is 8.49. The molecule has 0 aromatic heterocycles. The van der Waals surface area contributed by atoms with Crippen molar-refractivity contribution in [2.24, 2.45) is 0 Å². The smallest absolute Gasteiger partial charge is 0.139 e. The minimum absolute atomic E-state index is 0.269. The number of benzene rings is 1. The Morgan fingerprint density at radius 2 is 2.06 bits per heavy atom. The summed E-state index contributed by atoms with van der Waals surface area (Å²) in [5.41, 5.74) is 2.06. The van der Waals surface area contributed by atoms with E-state index in [2.05, 4.69) is 26.6 Å². The molecule has 16 heavy (non-hydrogen) atoms. The zero-order chi connectivity index (χ0) is 12.1. The molecule has 1 aromatic carbocycles. The van der Waals surface area contributed by atoms with Gasteiger partial charge in [-0.1, -0.05) is 12.2 Å². The van der Waals surface area contributed by atoms with Gasteiger partial charge >= 0.3 is 0 Å². The molecule has 1 aliphatic heterocycles. The molecule has 1 aliphatic rings. The van der Waals surface area contributed by atoms with Gasteiger partial charge in [-0.2, -0.15) is 0 Å². The number of nitrogens with one attached hydrogen (secondary N) is 2. The van der Waals surface area contributed by atoms with E-state index in [0.29, 0.717) is 9.46 Å². The average molecular weight is 303 g/mol. The molecule has 1 heterocycles. The first-order valence-corrected chi connectivity index (χ1v) is 6.11. The Kier molecular flexibility index (Phi) is 2.70. The summed E-state index contributed by atoms with van der Waals surface area (Å²) < 4.78 is 14.0. The van der Waals surface area contributed by atoms with Gasteiger partial charge in [0.1, 0.15) is 10.8 Å². The van der Waals surface area contributed by atoms with Crippen molar-refractivity contribution < 1.29 is 4.39 Å². The van der Waals surface area contributed by atoms with Crippen LogP contribution in [0.25, 0.3) is 0 Å². The van der Waals surface area contributed by atoms with Gasteiger partial charge < -0.3 is 10.6 Å². The summed E-state index contributed by atoms with van der Waals surface area (Å²) in [4.78, 5) is 0.710. The van der Waals surface area contributed by atoms with Crippen LogP contribution in [-0.2, 0) is 0 Å². The van der Waals surface area contributed by atoms with E-state index in [0.717, 1.165) is 16.9 Å². The Labute approximate surface area is 108 Å². The Morgan fingerprint density at radius 3 is 2.69 bits per heavy atom. The van der Waals surface area contributed by atoms with Crippen molar-refractivity contribution in [1.82, 2.24) is 0 Å². The molecule has 0 unspecified atom stereocenters. The minimum Gasteiger partial charge on any atom is -0.372 e. The van der Waals surface area contributed by atoms with E-state index in [4.69, 9.17) is 12.2 Å². The van der Waals surface area contributed by atoms with Crippen LogP contribution < -0.4 is 10.6 Å². The number of halogens is 2. The lowest BCUT2D eigenvalue weighted by Gasteiger charge is -2.36. The molecule has 2 rings (SSSR count). The van der Waals surface area contributed by atoms with Gasteiger partial charge in [-0.15, -0.1) is 0 Å². The summed E-state index contributed by atoms with van der Waals surface area (Å²) in [6, 6.07) is 1.48. The first-order chi connectivity index (χ1) is 7.33. The van der Waals surface area contributed by atoms with E-state index in [9.17, 15) is 4.39 Å². The molecule has 2 N–H and O–H groups in total. The Morgan fingerprint density at radius 1 is 1.44 bits per heavy atom. The molecular formula is C11H12BrFN2S. The highest BCUT2D eigenvalue weighted by molar-refractivity contribution is 9.10. The normalized spacial score (nSPS) is 17.4. The second-order valence-electron chi connectivity index (χ2n) is 4.42. The van der Waals surface area contributed by atoms with E-state index in [1.54, 1.807) is 0 Å². The molecule has 0 aliphatic carbocycles. The van der Waals surface area contributed by atoms with Crippen LogP contribution in [0.2, 0.25) is 0 Å². The lowest BCUT2D eigenvalue weighted by atomic mass is 9.99. The highest BCUT2D eigenvalue weighted by Gasteiger charge is 2.31. The van der Waals surface area contributed by atoms with Crippen molar-refractivity contribution in [2.45, 2.75) is 26.3 Å². The average Bonchev–Trinajstić information content (AvgIpc) is 2.18. The lowest BCUT2D eigenvalue weighted by molar-refractivity contribution is 0.619.